The number of aromatic nitrogens is 1. The van der Waals surface area contributed by atoms with Crippen molar-refractivity contribution >= 4 is 28.3 Å². The third kappa shape index (κ3) is 2.58. The fourth-order valence-corrected chi connectivity index (χ4v) is 2.86. The average Bonchev–Trinajstić information content (AvgIpc) is 3.06. The highest BCUT2D eigenvalue weighted by atomic mass is 32.1. The number of hydrogen-bond acceptors (Lipinski definition) is 6. The van der Waals surface area contributed by atoms with E-state index in [0.29, 0.717) is 23.1 Å². The van der Waals surface area contributed by atoms with Crippen molar-refractivity contribution in [1.29, 1.82) is 0 Å². The van der Waals surface area contributed by atoms with Crippen molar-refractivity contribution in [3.05, 3.63) is 5.56 Å². The van der Waals surface area contributed by atoms with Crippen molar-refractivity contribution in [1.82, 2.24) is 4.37 Å². The number of rotatable bonds is 5. The Morgan fingerprint density at radius 3 is 2.83 bits per heavy atom. The summed E-state index contributed by atoms with van der Waals surface area (Å²) >= 11 is 1.22. The molecule has 1 aromatic rings. The molecule has 0 aromatic carbocycles. The van der Waals surface area contributed by atoms with E-state index >= 15 is 0 Å². The van der Waals surface area contributed by atoms with E-state index in [2.05, 4.69) is 23.5 Å². The number of esters is 1. The minimum Gasteiger partial charge on any atom is -0.462 e. The van der Waals surface area contributed by atoms with Crippen LogP contribution >= 0.6 is 11.5 Å². The molecule has 0 aliphatic heterocycles. The highest BCUT2D eigenvalue weighted by Gasteiger charge is 2.39. The van der Waals surface area contributed by atoms with Crippen LogP contribution in [-0.4, -0.2) is 22.5 Å². The number of nitrogen functional groups attached to an aromatic ring is 1. The van der Waals surface area contributed by atoms with E-state index in [1.165, 1.54) is 24.4 Å². The first-order chi connectivity index (χ1) is 8.45. The summed E-state index contributed by atoms with van der Waals surface area (Å²) in [5.74, 6) is 0.487. The van der Waals surface area contributed by atoms with Crippen molar-refractivity contribution < 1.29 is 9.53 Å². The lowest BCUT2D eigenvalue weighted by atomic mass is 9.99. The van der Waals surface area contributed by atoms with Gasteiger partial charge in [0, 0.05) is 5.54 Å². The molecule has 0 atom stereocenters. The summed E-state index contributed by atoms with van der Waals surface area (Å²) < 4.78 is 9.05. The van der Waals surface area contributed by atoms with Gasteiger partial charge in [0.2, 0.25) is 0 Å². The van der Waals surface area contributed by atoms with E-state index in [4.69, 9.17) is 10.5 Å². The molecular weight excluding hydrogens is 250 g/mol. The molecular formula is C12H19N3O2S. The smallest absolute Gasteiger partial charge is 0.344 e. The van der Waals surface area contributed by atoms with Crippen LogP contribution in [0.3, 0.4) is 0 Å². The number of ether oxygens (including phenoxy) is 1. The van der Waals surface area contributed by atoms with Gasteiger partial charge in [-0.25, -0.2) is 4.79 Å². The minimum atomic E-state index is -0.405. The second-order valence-electron chi connectivity index (χ2n) is 5.11. The zero-order valence-electron chi connectivity index (χ0n) is 10.9. The van der Waals surface area contributed by atoms with E-state index in [1.54, 1.807) is 6.92 Å². The minimum absolute atomic E-state index is 0.0415. The summed E-state index contributed by atoms with van der Waals surface area (Å²) in [6, 6.07) is 0. The van der Waals surface area contributed by atoms with E-state index in [-0.39, 0.29) is 11.4 Å². The van der Waals surface area contributed by atoms with E-state index in [9.17, 15) is 4.79 Å². The molecule has 0 spiro atoms. The second kappa shape index (κ2) is 4.76. The Kier molecular flexibility index (Phi) is 3.47. The Bertz CT molecular complexity index is 452. The first-order valence-electron chi connectivity index (χ1n) is 6.16. The van der Waals surface area contributed by atoms with Crippen molar-refractivity contribution in [3.63, 3.8) is 0 Å². The molecule has 0 radical (unpaired) electrons. The Morgan fingerprint density at radius 1 is 1.61 bits per heavy atom. The Labute approximate surface area is 111 Å². The normalized spacial score (nSPS) is 15.5. The fourth-order valence-electron chi connectivity index (χ4n) is 1.99. The van der Waals surface area contributed by atoms with Gasteiger partial charge in [0.25, 0.3) is 0 Å². The maximum Gasteiger partial charge on any atom is 0.344 e. The van der Waals surface area contributed by atoms with Crippen LogP contribution in [0, 0.1) is 5.92 Å². The number of carbonyl (C=O) groups excluding carboxylic acids is 1. The second-order valence-corrected chi connectivity index (χ2v) is 5.89. The Hall–Kier alpha value is -1.30. The molecule has 18 heavy (non-hydrogen) atoms. The lowest BCUT2D eigenvalue weighted by Gasteiger charge is -2.26. The molecule has 1 aromatic heterocycles. The van der Waals surface area contributed by atoms with Crippen LogP contribution in [0.15, 0.2) is 0 Å². The highest BCUT2D eigenvalue weighted by molar-refractivity contribution is 7.11. The Morgan fingerprint density at radius 2 is 2.28 bits per heavy atom. The number of hydrogen-bond donors (Lipinski definition) is 2. The van der Waals surface area contributed by atoms with Crippen molar-refractivity contribution in [2.75, 3.05) is 17.7 Å². The molecule has 0 amide bonds. The molecule has 5 nitrogen and oxygen atoms in total. The van der Waals surface area contributed by atoms with Gasteiger partial charge in [-0.05, 0) is 51.1 Å². The zero-order chi connectivity index (χ0) is 13.3. The quantitative estimate of drug-likeness (QED) is 0.803. The van der Waals surface area contributed by atoms with E-state index < -0.39 is 5.97 Å². The van der Waals surface area contributed by atoms with Gasteiger partial charge >= 0.3 is 5.97 Å². The Balaban J connectivity index is 2.20. The lowest BCUT2D eigenvalue weighted by Crippen LogP contribution is -2.33. The van der Waals surface area contributed by atoms with Gasteiger partial charge in [-0.3, -0.25) is 0 Å². The molecule has 1 fully saturated rings. The highest BCUT2D eigenvalue weighted by Crippen LogP contribution is 2.42. The number of nitrogens with two attached hydrogens (primary N) is 1. The molecule has 3 N–H and O–H groups in total. The van der Waals surface area contributed by atoms with Crippen molar-refractivity contribution in [3.8, 4) is 0 Å². The van der Waals surface area contributed by atoms with Crippen LogP contribution in [0.25, 0.3) is 0 Å². The topological polar surface area (TPSA) is 77.2 Å². The number of anilines is 2. The first-order valence-corrected chi connectivity index (χ1v) is 6.93. The monoisotopic (exact) mass is 269 g/mol. The van der Waals surface area contributed by atoms with Gasteiger partial charge < -0.3 is 15.8 Å². The summed E-state index contributed by atoms with van der Waals surface area (Å²) in [7, 11) is 0. The van der Waals surface area contributed by atoms with Crippen LogP contribution in [0.5, 0.6) is 0 Å². The third-order valence-corrected chi connectivity index (χ3v) is 4.01. The zero-order valence-corrected chi connectivity index (χ0v) is 11.8. The molecule has 0 unspecified atom stereocenters. The van der Waals surface area contributed by atoms with Gasteiger partial charge in [0.05, 0.1) is 6.61 Å². The largest absolute Gasteiger partial charge is 0.462 e. The van der Waals surface area contributed by atoms with Crippen molar-refractivity contribution in [2.24, 2.45) is 5.92 Å². The summed E-state index contributed by atoms with van der Waals surface area (Å²) in [6.07, 6.45) is 2.45. The third-order valence-electron chi connectivity index (χ3n) is 3.23. The molecule has 0 saturated heterocycles. The van der Waals surface area contributed by atoms with Crippen molar-refractivity contribution in [2.45, 2.75) is 39.2 Å². The van der Waals surface area contributed by atoms with Gasteiger partial charge in [-0.15, -0.1) is 0 Å². The summed E-state index contributed by atoms with van der Waals surface area (Å²) in [6.45, 7) is 6.37. The molecule has 1 saturated carbocycles. The predicted molar refractivity (Wildman–Crippen MR) is 72.9 cm³/mol. The molecule has 100 valence electrons. The first kappa shape index (κ1) is 13.1. The van der Waals surface area contributed by atoms with Gasteiger partial charge in [-0.1, -0.05) is 0 Å². The summed E-state index contributed by atoms with van der Waals surface area (Å²) in [5, 5.41) is 4.10. The number of carbonyl (C=O) groups is 1. The molecule has 2 rings (SSSR count). The van der Waals surface area contributed by atoms with Crippen LogP contribution < -0.4 is 11.1 Å². The van der Waals surface area contributed by atoms with Crippen LogP contribution in [0.1, 0.15) is 44.0 Å². The SMILES string of the molecule is CCOC(=O)c1c(N)nsc1NC(C)(C)C1CC1. The molecule has 6 heteroatoms. The van der Waals surface area contributed by atoms with Crippen LogP contribution in [0.4, 0.5) is 10.8 Å². The standard InChI is InChI=1S/C12H19N3O2S/c1-4-17-11(16)8-9(13)15-18-10(8)14-12(2,3)7-5-6-7/h7,14H,4-6H2,1-3H3,(H2,13,15). The number of nitrogens with zero attached hydrogens (tertiary/aromatic N) is 1. The van der Waals surface area contributed by atoms with Crippen LogP contribution in [-0.2, 0) is 4.74 Å². The van der Waals surface area contributed by atoms with Gasteiger partial charge in [-0.2, -0.15) is 4.37 Å². The van der Waals surface area contributed by atoms with Gasteiger partial charge in [0.15, 0.2) is 5.82 Å². The van der Waals surface area contributed by atoms with E-state index in [1.807, 2.05) is 0 Å². The summed E-state index contributed by atoms with van der Waals surface area (Å²) in [5.41, 5.74) is 6.07. The van der Waals surface area contributed by atoms with E-state index in [0.717, 1.165) is 0 Å². The van der Waals surface area contributed by atoms with Crippen LogP contribution in [0.2, 0.25) is 0 Å². The molecule has 0 bridgehead atoms. The molecule has 1 heterocycles. The predicted octanol–water partition coefficient (Wildman–Crippen LogP) is 2.50. The molecule has 1 aliphatic rings. The fraction of sp³-hybridized carbons (Fsp3) is 0.667. The number of nitrogens with one attached hydrogen (secondary N) is 1. The maximum atomic E-state index is 11.8. The van der Waals surface area contributed by atoms with Gasteiger partial charge in [0.1, 0.15) is 10.6 Å². The maximum absolute atomic E-state index is 11.8. The average molecular weight is 269 g/mol. The lowest BCUT2D eigenvalue weighted by molar-refractivity contribution is 0.0529. The molecule has 1 aliphatic carbocycles. The summed E-state index contributed by atoms with van der Waals surface area (Å²) in [4.78, 5) is 11.8.